The quantitative estimate of drug-likeness (QED) is 0.485. The van der Waals surface area contributed by atoms with Gasteiger partial charge in [-0.2, -0.15) is 0 Å². The molecule has 2 aromatic rings. The number of carbonyl (C=O) groups excluding carboxylic acids is 1. The van der Waals surface area contributed by atoms with Crippen LogP contribution in [0.2, 0.25) is 5.02 Å². The highest BCUT2D eigenvalue weighted by molar-refractivity contribution is 9.10. The van der Waals surface area contributed by atoms with Gasteiger partial charge in [0.25, 0.3) is 0 Å². The van der Waals surface area contributed by atoms with Crippen molar-refractivity contribution in [1.82, 2.24) is 5.32 Å². The van der Waals surface area contributed by atoms with Crippen LogP contribution in [0.3, 0.4) is 0 Å². The van der Waals surface area contributed by atoms with E-state index in [4.69, 9.17) is 25.6 Å². The van der Waals surface area contributed by atoms with Gasteiger partial charge in [-0.05, 0) is 72.4 Å². The van der Waals surface area contributed by atoms with Crippen LogP contribution in [-0.2, 0) is 20.7 Å². The Morgan fingerprint density at radius 2 is 1.77 bits per heavy atom. The van der Waals surface area contributed by atoms with E-state index in [1.54, 1.807) is 6.07 Å². The number of nitrogens with one attached hydrogen (secondary N) is 1. The SMILES string of the molecule is CC1(C)OB(C(=Cc2ccc(Cl)c(Br)c2)CNC(=O)OCc2ccccc2)OC1(C)C. The summed E-state index contributed by atoms with van der Waals surface area (Å²) in [5, 5.41) is 3.43. The molecule has 0 spiro atoms. The molecule has 0 unspecified atom stereocenters. The highest BCUT2D eigenvalue weighted by Crippen LogP contribution is 2.39. The van der Waals surface area contributed by atoms with E-state index in [0.29, 0.717) is 5.02 Å². The fourth-order valence-corrected chi connectivity index (χ4v) is 3.48. The second-order valence-corrected chi connectivity index (χ2v) is 9.66. The van der Waals surface area contributed by atoms with Crippen LogP contribution in [0.4, 0.5) is 4.79 Å². The second-order valence-electron chi connectivity index (χ2n) is 8.40. The van der Waals surface area contributed by atoms with Crippen molar-refractivity contribution < 1.29 is 18.8 Å². The van der Waals surface area contributed by atoms with Crippen LogP contribution in [-0.4, -0.2) is 31.0 Å². The van der Waals surface area contributed by atoms with Crippen molar-refractivity contribution in [2.75, 3.05) is 6.54 Å². The van der Waals surface area contributed by atoms with E-state index in [0.717, 1.165) is 21.1 Å². The average Bonchev–Trinajstić information content (AvgIpc) is 2.94. The molecule has 164 valence electrons. The molecule has 1 aliphatic heterocycles. The van der Waals surface area contributed by atoms with Gasteiger partial charge in [-0.3, -0.25) is 0 Å². The molecule has 8 heteroatoms. The lowest BCUT2D eigenvalue weighted by molar-refractivity contribution is 0.00578. The molecule has 31 heavy (non-hydrogen) atoms. The number of hydrogen-bond acceptors (Lipinski definition) is 4. The zero-order valence-corrected chi connectivity index (χ0v) is 20.4. The van der Waals surface area contributed by atoms with Crippen LogP contribution in [0, 0.1) is 0 Å². The third kappa shape index (κ3) is 6.13. The third-order valence-electron chi connectivity index (χ3n) is 5.50. The van der Waals surface area contributed by atoms with Crippen LogP contribution >= 0.6 is 27.5 Å². The van der Waals surface area contributed by atoms with Crippen molar-refractivity contribution in [3.8, 4) is 0 Å². The number of ether oxygens (including phenoxy) is 1. The lowest BCUT2D eigenvalue weighted by Gasteiger charge is -2.32. The molecule has 1 fully saturated rings. The van der Waals surface area contributed by atoms with E-state index in [1.807, 2.05) is 76.2 Å². The van der Waals surface area contributed by atoms with Crippen LogP contribution in [0.1, 0.15) is 38.8 Å². The van der Waals surface area contributed by atoms with Crippen molar-refractivity contribution in [3.05, 3.63) is 74.6 Å². The summed E-state index contributed by atoms with van der Waals surface area (Å²) in [6, 6.07) is 15.1. The molecule has 0 aromatic heterocycles. The Kier molecular flexibility index (Phi) is 7.53. The number of amides is 1. The Morgan fingerprint density at radius 1 is 1.13 bits per heavy atom. The number of rotatable bonds is 6. The minimum Gasteiger partial charge on any atom is -0.445 e. The van der Waals surface area contributed by atoms with Gasteiger partial charge in [0, 0.05) is 11.0 Å². The van der Waals surface area contributed by atoms with Crippen LogP contribution in [0.25, 0.3) is 6.08 Å². The first-order valence-corrected chi connectivity index (χ1v) is 11.2. The summed E-state index contributed by atoms with van der Waals surface area (Å²) in [6.45, 7) is 8.38. The molecule has 0 radical (unpaired) electrons. The molecule has 5 nitrogen and oxygen atoms in total. The zero-order valence-electron chi connectivity index (χ0n) is 18.1. The van der Waals surface area contributed by atoms with Gasteiger partial charge in [0.2, 0.25) is 0 Å². The first-order valence-electron chi connectivity index (χ1n) is 10.0. The second kappa shape index (κ2) is 9.78. The summed E-state index contributed by atoms with van der Waals surface area (Å²) in [4.78, 5) is 12.3. The van der Waals surface area contributed by atoms with Gasteiger partial charge in [0.1, 0.15) is 6.61 Å². The predicted octanol–water partition coefficient (Wildman–Crippen LogP) is 6.04. The lowest BCUT2D eigenvalue weighted by atomic mass is 9.77. The van der Waals surface area contributed by atoms with E-state index in [2.05, 4.69) is 21.2 Å². The topological polar surface area (TPSA) is 56.8 Å². The summed E-state index contributed by atoms with van der Waals surface area (Å²) in [5.74, 6) is 0. The smallest absolute Gasteiger partial charge is 0.445 e. The molecule has 1 heterocycles. The predicted molar refractivity (Wildman–Crippen MR) is 128 cm³/mol. The first kappa shape index (κ1) is 23.9. The minimum atomic E-state index is -0.603. The van der Waals surface area contributed by atoms with Gasteiger partial charge in [-0.25, -0.2) is 4.79 Å². The van der Waals surface area contributed by atoms with Gasteiger partial charge in [-0.15, -0.1) is 0 Å². The lowest BCUT2D eigenvalue weighted by Crippen LogP contribution is -2.41. The monoisotopic (exact) mass is 505 g/mol. The highest BCUT2D eigenvalue weighted by atomic mass is 79.9. The molecule has 0 bridgehead atoms. The maximum absolute atomic E-state index is 12.3. The number of halogens is 2. The molecular weight excluding hydrogens is 480 g/mol. The minimum absolute atomic E-state index is 0.201. The maximum Gasteiger partial charge on any atom is 0.492 e. The number of alkyl carbamates (subject to hydrolysis) is 1. The van der Waals surface area contributed by atoms with E-state index in [9.17, 15) is 4.79 Å². The highest BCUT2D eigenvalue weighted by Gasteiger charge is 2.52. The van der Waals surface area contributed by atoms with E-state index >= 15 is 0 Å². The Labute approximate surface area is 197 Å². The summed E-state index contributed by atoms with van der Waals surface area (Å²) in [7, 11) is -0.603. The van der Waals surface area contributed by atoms with Crippen molar-refractivity contribution >= 4 is 46.8 Å². The molecule has 1 N–H and O–H groups in total. The molecule has 1 aliphatic rings. The Bertz CT molecular complexity index is 949. The fraction of sp³-hybridized carbons (Fsp3) is 0.348. The van der Waals surface area contributed by atoms with Crippen LogP contribution < -0.4 is 5.32 Å². The Balaban J connectivity index is 1.73. The normalized spacial score (nSPS) is 17.5. The first-order chi connectivity index (χ1) is 14.6. The summed E-state index contributed by atoms with van der Waals surface area (Å²) in [6.07, 6.45) is 1.42. The molecule has 1 saturated heterocycles. The van der Waals surface area contributed by atoms with Crippen molar-refractivity contribution in [2.45, 2.75) is 45.5 Å². The van der Waals surface area contributed by atoms with Crippen LogP contribution in [0.15, 0.2) is 58.5 Å². The van der Waals surface area contributed by atoms with Crippen molar-refractivity contribution in [2.24, 2.45) is 0 Å². The Hall–Kier alpha value is -1.80. The van der Waals surface area contributed by atoms with Gasteiger partial charge < -0.3 is 19.4 Å². The fourth-order valence-electron chi connectivity index (χ4n) is 2.96. The van der Waals surface area contributed by atoms with Crippen molar-refractivity contribution in [3.63, 3.8) is 0 Å². The van der Waals surface area contributed by atoms with E-state index < -0.39 is 24.4 Å². The summed E-state index contributed by atoms with van der Waals surface area (Å²) < 4.78 is 18.5. The zero-order chi connectivity index (χ0) is 22.6. The standard InChI is InChI=1S/C23H26BBrClNO4/c1-22(2)23(3,4)31-24(30-22)18(12-17-10-11-20(26)19(25)13-17)14-27-21(28)29-15-16-8-6-5-7-9-16/h5-13H,14-15H2,1-4H3,(H,27,28). The largest absolute Gasteiger partial charge is 0.492 e. The van der Waals surface area contributed by atoms with Crippen molar-refractivity contribution in [1.29, 1.82) is 0 Å². The van der Waals surface area contributed by atoms with Gasteiger partial charge in [-0.1, -0.05) is 54.1 Å². The van der Waals surface area contributed by atoms with Gasteiger partial charge >= 0.3 is 13.2 Å². The van der Waals surface area contributed by atoms with E-state index in [-0.39, 0.29) is 13.2 Å². The van der Waals surface area contributed by atoms with Gasteiger partial charge in [0.15, 0.2) is 0 Å². The Morgan fingerprint density at radius 3 is 2.39 bits per heavy atom. The number of hydrogen-bond donors (Lipinski definition) is 1. The number of benzene rings is 2. The maximum atomic E-state index is 12.3. The molecule has 1 amide bonds. The molecular formula is C23H26BBrClNO4. The summed E-state index contributed by atoms with van der Waals surface area (Å²) >= 11 is 9.56. The van der Waals surface area contributed by atoms with E-state index in [1.165, 1.54) is 0 Å². The average molecular weight is 507 g/mol. The molecule has 0 aliphatic carbocycles. The molecule has 3 rings (SSSR count). The third-order valence-corrected chi connectivity index (χ3v) is 6.72. The molecule has 0 atom stereocenters. The summed E-state index contributed by atoms with van der Waals surface area (Å²) in [5.41, 5.74) is 1.60. The van der Waals surface area contributed by atoms with Gasteiger partial charge in [0.05, 0.1) is 16.2 Å². The molecule has 2 aromatic carbocycles. The van der Waals surface area contributed by atoms with Crippen LogP contribution in [0.5, 0.6) is 0 Å². The number of carbonyl (C=O) groups is 1. The molecule has 0 saturated carbocycles.